The van der Waals surface area contributed by atoms with Crippen LogP contribution in [0.5, 0.6) is 5.75 Å². The number of hydrogen-bond donors (Lipinski definition) is 0. The van der Waals surface area contributed by atoms with E-state index in [4.69, 9.17) is 10.5 Å². The lowest BCUT2D eigenvalue weighted by atomic mass is 10.1. The zero-order chi connectivity index (χ0) is 8.97. The van der Waals surface area contributed by atoms with Crippen LogP contribution in [0.2, 0.25) is 0 Å². The summed E-state index contributed by atoms with van der Waals surface area (Å²) < 4.78 is 5.03. The van der Waals surface area contributed by atoms with E-state index >= 15 is 0 Å². The first-order valence-corrected chi connectivity index (χ1v) is 4.06. The summed E-state index contributed by atoms with van der Waals surface area (Å²) in [5, 5.41) is 0. The van der Waals surface area contributed by atoms with Gasteiger partial charge >= 0.3 is 0 Å². The van der Waals surface area contributed by atoms with E-state index in [-0.39, 0.29) is 6.04 Å². The van der Waals surface area contributed by atoms with Crippen molar-refractivity contribution >= 4 is 0 Å². The van der Waals surface area contributed by atoms with Gasteiger partial charge in [0, 0.05) is 6.04 Å². The normalized spacial score (nSPS) is 12.6. The van der Waals surface area contributed by atoms with Gasteiger partial charge in [-0.3, -0.25) is 5.73 Å². The van der Waals surface area contributed by atoms with E-state index in [0.29, 0.717) is 0 Å². The second kappa shape index (κ2) is 4.12. The third kappa shape index (κ3) is 2.55. The molecule has 1 atom stereocenters. The molecule has 1 rings (SSSR count). The molecule has 0 aliphatic rings. The van der Waals surface area contributed by atoms with Gasteiger partial charge in [-0.15, -0.1) is 0 Å². The molecule has 1 aromatic rings. The zero-order valence-electron chi connectivity index (χ0n) is 7.50. The average molecular weight is 164 g/mol. The van der Waals surface area contributed by atoms with Gasteiger partial charge in [0.2, 0.25) is 0 Å². The Hall–Kier alpha value is -1.02. The van der Waals surface area contributed by atoms with E-state index in [0.717, 1.165) is 12.2 Å². The van der Waals surface area contributed by atoms with Gasteiger partial charge in [0.15, 0.2) is 0 Å². The summed E-state index contributed by atoms with van der Waals surface area (Å²) in [6.07, 6.45) is 0.810. The summed E-state index contributed by atoms with van der Waals surface area (Å²) in [7, 11) is 1.65. The second-order valence-electron chi connectivity index (χ2n) is 2.95. The van der Waals surface area contributed by atoms with Crippen LogP contribution in [-0.2, 0) is 6.42 Å². The average Bonchev–Trinajstić information content (AvgIpc) is 2.05. The smallest absolute Gasteiger partial charge is 0.118 e. The van der Waals surface area contributed by atoms with E-state index in [1.54, 1.807) is 7.11 Å². The highest BCUT2D eigenvalue weighted by Gasteiger charge is 1.97. The quantitative estimate of drug-likeness (QED) is 0.671. The first-order valence-electron chi connectivity index (χ1n) is 4.06. The van der Waals surface area contributed by atoms with Crippen LogP contribution in [0.4, 0.5) is 0 Å². The fourth-order valence-corrected chi connectivity index (χ4v) is 1.12. The van der Waals surface area contributed by atoms with Crippen LogP contribution in [-0.4, -0.2) is 13.2 Å². The highest BCUT2D eigenvalue weighted by Crippen LogP contribution is 2.12. The summed E-state index contributed by atoms with van der Waals surface area (Å²) in [6.45, 7) is 1.89. The molecule has 1 N–H and O–H groups in total. The summed E-state index contributed by atoms with van der Waals surface area (Å²) in [5.74, 6) is 0.872. The SMILES string of the molecule is COc1ccc(CC(C)[NH])cc1. The Morgan fingerprint density at radius 2 is 1.92 bits per heavy atom. The van der Waals surface area contributed by atoms with E-state index < -0.39 is 0 Å². The van der Waals surface area contributed by atoms with E-state index in [1.165, 1.54) is 5.56 Å². The lowest BCUT2D eigenvalue weighted by Crippen LogP contribution is -2.06. The van der Waals surface area contributed by atoms with Crippen LogP contribution in [0.15, 0.2) is 24.3 Å². The standard InChI is InChI=1S/C10H14NO/c1-8(11)7-9-3-5-10(12-2)6-4-9/h3-6,8,11H,7H2,1-2H3. The summed E-state index contributed by atoms with van der Waals surface area (Å²) in [6, 6.07) is 7.83. The Bertz CT molecular complexity index is 228. The number of benzene rings is 1. The first-order chi connectivity index (χ1) is 5.72. The molecule has 0 aliphatic carbocycles. The molecule has 0 saturated heterocycles. The molecule has 0 fully saturated rings. The molecule has 2 nitrogen and oxygen atoms in total. The third-order valence-electron chi connectivity index (χ3n) is 1.70. The highest BCUT2D eigenvalue weighted by atomic mass is 16.5. The Morgan fingerprint density at radius 3 is 2.33 bits per heavy atom. The minimum Gasteiger partial charge on any atom is -0.497 e. The molecule has 0 heterocycles. The molecule has 0 saturated carbocycles. The maximum Gasteiger partial charge on any atom is 0.118 e. The molecule has 1 aromatic carbocycles. The maximum atomic E-state index is 7.38. The monoisotopic (exact) mass is 164 g/mol. The van der Waals surface area contributed by atoms with Crippen LogP contribution in [0.3, 0.4) is 0 Å². The lowest BCUT2D eigenvalue weighted by Gasteiger charge is -2.04. The van der Waals surface area contributed by atoms with Crippen LogP contribution >= 0.6 is 0 Å². The van der Waals surface area contributed by atoms with Crippen LogP contribution in [0, 0.1) is 0 Å². The van der Waals surface area contributed by atoms with Gasteiger partial charge in [-0.25, -0.2) is 0 Å². The van der Waals surface area contributed by atoms with Crippen LogP contribution in [0.25, 0.3) is 0 Å². The van der Waals surface area contributed by atoms with Crippen molar-refractivity contribution in [3.63, 3.8) is 0 Å². The minimum atomic E-state index is -0.0293. The zero-order valence-corrected chi connectivity index (χ0v) is 7.50. The molecule has 65 valence electrons. The number of methoxy groups -OCH3 is 1. The Labute approximate surface area is 73.3 Å². The second-order valence-corrected chi connectivity index (χ2v) is 2.95. The first kappa shape index (κ1) is 9.07. The van der Waals surface area contributed by atoms with E-state index in [2.05, 4.69) is 0 Å². The fourth-order valence-electron chi connectivity index (χ4n) is 1.12. The molecular weight excluding hydrogens is 150 g/mol. The van der Waals surface area contributed by atoms with Crippen molar-refractivity contribution in [1.29, 1.82) is 0 Å². The summed E-state index contributed by atoms with van der Waals surface area (Å²) in [4.78, 5) is 0. The predicted molar refractivity (Wildman–Crippen MR) is 49.3 cm³/mol. The topological polar surface area (TPSA) is 33.0 Å². The van der Waals surface area contributed by atoms with Crippen LogP contribution in [0.1, 0.15) is 12.5 Å². The van der Waals surface area contributed by atoms with Gasteiger partial charge in [0.1, 0.15) is 5.75 Å². The molecule has 0 aliphatic heterocycles. The van der Waals surface area contributed by atoms with E-state index in [1.807, 2.05) is 31.2 Å². The highest BCUT2D eigenvalue weighted by molar-refractivity contribution is 5.27. The molecule has 12 heavy (non-hydrogen) atoms. The summed E-state index contributed by atoms with van der Waals surface area (Å²) in [5.41, 5.74) is 8.58. The van der Waals surface area contributed by atoms with Crippen molar-refractivity contribution in [2.24, 2.45) is 0 Å². The maximum absolute atomic E-state index is 7.38. The molecule has 0 bridgehead atoms. The lowest BCUT2D eigenvalue weighted by molar-refractivity contribution is 0.414. The third-order valence-corrected chi connectivity index (χ3v) is 1.70. The molecule has 2 heteroatoms. The van der Waals surface area contributed by atoms with Gasteiger partial charge in [0.25, 0.3) is 0 Å². The molecular formula is C10H14NO. The van der Waals surface area contributed by atoms with Gasteiger partial charge in [0.05, 0.1) is 7.11 Å². The number of hydrogen-bond acceptors (Lipinski definition) is 1. The van der Waals surface area contributed by atoms with Crippen LogP contribution < -0.4 is 10.5 Å². The number of nitrogens with one attached hydrogen (secondary N) is 1. The van der Waals surface area contributed by atoms with Crippen molar-refractivity contribution in [1.82, 2.24) is 5.73 Å². The van der Waals surface area contributed by atoms with Crippen molar-refractivity contribution in [3.8, 4) is 5.75 Å². The van der Waals surface area contributed by atoms with Crippen molar-refractivity contribution in [2.45, 2.75) is 19.4 Å². The number of rotatable bonds is 3. The summed E-state index contributed by atoms with van der Waals surface area (Å²) >= 11 is 0. The molecule has 0 spiro atoms. The van der Waals surface area contributed by atoms with Gasteiger partial charge in [-0.1, -0.05) is 12.1 Å². The van der Waals surface area contributed by atoms with Crippen molar-refractivity contribution in [2.75, 3.05) is 7.11 Å². The Kier molecular flexibility index (Phi) is 3.11. The minimum absolute atomic E-state index is 0.0293. The van der Waals surface area contributed by atoms with Gasteiger partial charge in [-0.2, -0.15) is 0 Å². The molecule has 0 aromatic heterocycles. The Morgan fingerprint density at radius 1 is 1.33 bits per heavy atom. The molecule has 1 radical (unpaired) electrons. The Balaban J connectivity index is 2.65. The molecule has 1 unspecified atom stereocenters. The predicted octanol–water partition coefficient (Wildman–Crippen LogP) is 1.91. The number of ether oxygens (including phenoxy) is 1. The van der Waals surface area contributed by atoms with Gasteiger partial charge in [-0.05, 0) is 31.0 Å². The van der Waals surface area contributed by atoms with Crippen molar-refractivity contribution < 1.29 is 4.74 Å². The van der Waals surface area contributed by atoms with Crippen molar-refractivity contribution in [3.05, 3.63) is 29.8 Å². The largest absolute Gasteiger partial charge is 0.497 e. The van der Waals surface area contributed by atoms with E-state index in [9.17, 15) is 0 Å². The molecule has 0 amide bonds. The fraction of sp³-hybridized carbons (Fsp3) is 0.400. The van der Waals surface area contributed by atoms with Gasteiger partial charge < -0.3 is 4.74 Å².